The van der Waals surface area contributed by atoms with E-state index >= 15 is 0 Å². The standard InChI is InChI=1S/C20H21ClN4O/c1-14-18(12-22-25(14)17-9-6-8-16(21)11-17)20(26)23-19-10-5-4-7-15(19)13-24(2)3/h4-12H,13H2,1-3H3,(H,23,26). The fourth-order valence-electron chi connectivity index (χ4n) is 2.81. The first kappa shape index (κ1) is 18.2. The molecule has 134 valence electrons. The van der Waals surface area contributed by atoms with Crippen LogP contribution >= 0.6 is 11.6 Å². The highest BCUT2D eigenvalue weighted by Crippen LogP contribution is 2.21. The average molecular weight is 369 g/mol. The Balaban J connectivity index is 1.86. The van der Waals surface area contributed by atoms with Crippen molar-refractivity contribution in [3.8, 4) is 5.69 Å². The van der Waals surface area contributed by atoms with Gasteiger partial charge < -0.3 is 10.2 Å². The van der Waals surface area contributed by atoms with Gasteiger partial charge in [-0.05, 0) is 50.8 Å². The van der Waals surface area contributed by atoms with Gasteiger partial charge in [-0.25, -0.2) is 4.68 Å². The summed E-state index contributed by atoms with van der Waals surface area (Å²) < 4.78 is 1.71. The van der Waals surface area contributed by atoms with Gasteiger partial charge in [0.25, 0.3) is 5.91 Å². The highest BCUT2D eigenvalue weighted by Gasteiger charge is 2.16. The number of hydrogen-bond acceptors (Lipinski definition) is 3. The highest BCUT2D eigenvalue weighted by atomic mass is 35.5. The lowest BCUT2D eigenvalue weighted by Gasteiger charge is -2.14. The number of aromatic nitrogens is 2. The van der Waals surface area contributed by atoms with Crippen molar-refractivity contribution in [1.82, 2.24) is 14.7 Å². The van der Waals surface area contributed by atoms with Crippen LogP contribution in [0.4, 0.5) is 5.69 Å². The molecule has 0 unspecified atom stereocenters. The maximum Gasteiger partial charge on any atom is 0.259 e. The van der Waals surface area contributed by atoms with Crippen LogP contribution in [0.1, 0.15) is 21.6 Å². The lowest BCUT2D eigenvalue weighted by molar-refractivity contribution is 0.102. The van der Waals surface area contributed by atoms with Gasteiger partial charge in [0, 0.05) is 17.3 Å². The van der Waals surface area contributed by atoms with E-state index in [0.29, 0.717) is 10.6 Å². The fourth-order valence-corrected chi connectivity index (χ4v) is 3.00. The van der Waals surface area contributed by atoms with Crippen LogP contribution in [-0.2, 0) is 6.54 Å². The minimum Gasteiger partial charge on any atom is -0.322 e. The van der Waals surface area contributed by atoms with Gasteiger partial charge in [-0.2, -0.15) is 5.10 Å². The Kier molecular flexibility index (Phi) is 5.40. The van der Waals surface area contributed by atoms with Crippen LogP contribution in [0.5, 0.6) is 0 Å². The zero-order chi connectivity index (χ0) is 18.7. The van der Waals surface area contributed by atoms with Gasteiger partial charge in [0.2, 0.25) is 0 Å². The van der Waals surface area contributed by atoms with Gasteiger partial charge >= 0.3 is 0 Å². The molecule has 1 amide bonds. The van der Waals surface area contributed by atoms with Crippen LogP contribution in [0.2, 0.25) is 5.02 Å². The minimum absolute atomic E-state index is 0.179. The Morgan fingerprint density at radius 2 is 1.96 bits per heavy atom. The molecule has 1 heterocycles. The Bertz CT molecular complexity index is 933. The van der Waals surface area contributed by atoms with Crippen molar-refractivity contribution in [3.63, 3.8) is 0 Å². The van der Waals surface area contributed by atoms with Gasteiger partial charge in [0.05, 0.1) is 23.1 Å². The van der Waals surface area contributed by atoms with Crippen molar-refractivity contribution in [2.24, 2.45) is 0 Å². The van der Waals surface area contributed by atoms with E-state index in [4.69, 9.17) is 11.6 Å². The Morgan fingerprint density at radius 3 is 2.69 bits per heavy atom. The van der Waals surface area contributed by atoms with Crippen LogP contribution in [0.15, 0.2) is 54.7 Å². The quantitative estimate of drug-likeness (QED) is 0.736. The van der Waals surface area contributed by atoms with Crippen LogP contribution in [0.25, 0.3) is 5.69 Å². The number of hydrogen-bond donors (Lipinski definition) is 1. The molecule has 0 aliphatic carbocycles. The summed E-state index contributed by atoms with van der Waals surface area (Å²) >= 11 is 6.06. The highest BCUT2D eigenvalue weighted by molar-refractivity contribution is 6.30. The molecule has 0 atom stereocenters. The van der Waals surface area contributed by atoms with Crippen LogP contribution in [0, 0.1) is 6.92 Å². The van der Waals surface area contributed by atoms with Crippen molar-refractivity contribution < 1.29 is 4.79 Å². The van der Waals surface area contributed by atoms with E-state index in [1.165, 1.54) is 0 Å². The molecule has 1 N–H and O–H groups in total. The fraction of sp³-hybridized carbons (Fsp3) is 0.200. The summed E-state index contributed by atoms with van der Waals surface area (Å²) in [5.41, 5.74) is 3.98. The number of benzene rings is 2. The van der Waals surface area contributed by atoms with Crippen LogP contribution in [0.3, 0.4) is 0 Å². The summed E-state index contributed by atoms with van der Waals surface area (Å²) in [7, 11) is 4.00. The number of anilines is 1. The number of rotatable bonds is 5. The van der Waals surface area contributed by atoms with Crippen LogP contribution < -0.4 is 5.32 Å². The predicted molar refractivity (Wildman–Crippen MR) is 105 cm³/mol. The first-order chi connectivity index (χ1) is 12.5. The zero-order valence-electron chi connectivity index (χ0n) is 15.0. The molecule has 0 spiro atoms. The van der Waals surface area contributed by atoms with Crippen molar-refractivity contribution in [2.75, 3.05) is 19.4 Å². The summed E-state index contributed by atoms with van der Waals surface area (Å²) in [6, 6.07) is 15.2. The first-order valence-electron chi connectivity index (χ1n) is 8.30. The second-order valence-corrected chi connectivity index (χ2v) is 6.82. The molecule has 3 aromatic rings. The average Bonchev–Trinajstić information content (AvgIpc) is 2.98. The molecule has 2 aromatic carbocycles. The Hall–Kier alpha value is -2.63. The third-order valence-electron chi connectivity index (χ3n) is 4.06. The molecular weight excluding hydrogens is 348 g/mol. The summed E-state index contributed by atoms with van der Waals surface area (Å²) in [4.78, 5) is 14.8. The molecule has 5 nitrogen and oxygen atoms in total. The summed E-state index contributed by atoms with van der Waals surface area (Å²) in [6.45, 7) is 2.62. The molecule has 0 radical (unpaired) electrons. The molecule has 6 heteroatoms. The maximum atomic E-state index is 12.8. The van der Waals surface area contributed by atoms with Gasteiger partial charge in [0.15, 0.2) is 0 Å². The van der Waals surface area contributed by atoms with Gasteiger partial charge in [0.1, 0.15) is 0 Å². The largest absolute Gasteiger partial charge is 0.322 e. The maximum absolute atomic E-state index is 12.8. The van der Waals surface area contributed by atoms with Crippen LogP contribution in [-0.4, -0.2) is 34.7 Å². The van der Waals surface area contributed by atoms with Gasteiger partial charge in [-0.3, -0.25) is 4.79 Å². The Morgan fingerprint density at radius 1 is 1.19 bits per heavy atom. The molecule has 0 fully saturated rings. The van der Waals surface area contributed by atoms with Crippen molar-refractivity contribution >= 4 is 23.2 Å². The predicted octanol–water partition coefficient (Wildman–Crippen LogP) is 4.15. The first-order valence-corrected chi connectivity index (χ1v) is 8.68. The number of nitrogens with one attached hydrogen (secondary N) is 1. The number of carbonyl (C=O) groups excluding carboxylic acids is 1. The molecule has 0 bridgehead atoms. The topological polar surface area (TPSA) is 50.2 Å². The van der Waals surface area contributed by atoms with Crippen molar-refractivity contribution in [3.05, 3.63) is 76.6 Å². The monoisotopic (exact) mass is 368 g/mol. The van der Waals surface area contributed by atoms with E-state index in [1.54, 1.807) is 16.9 Å². The molecule has 3 rings (SSSR count). The molecule has 26 heavy (non-hydrogen) atoms. The minimum atomic E-state index is -0.179. The number of para-hydroxylation sites is 1. The molecule has 0 aliphatic heterocycles. The molecule has 0 saturated heterocycles. The second-order valence-electron chi connectivity index (χ2n) is 6.38. The molecule has 0 saturated carbocycles. The van der Waals surface area contributed by atoms with E-state index in [9.17, 15) is 4.79 Å². The SMILES string of the molecule is Cc1c(C(=O)Nc2ccccc2CN(C)C)cnn1-c1cccc(Cl)c1. The number of nitrogens with zero attached hydrogens (tertiary/aromatic N) is 3. The summed E-state index contributed by atoms with van der Waals surface area (Å²) in [5.74, 6) is -0.179. The second kappa shape index (κ2) is 7.72. The normalized spacial score (nSPS) is 11.0. The van der Waals surface area contributed by atoms with E-state index in [2.05, 4.69) is 15.3 Å². The van der Waals surface area contributed by atoms with Crippen molar-refractivity contribution in [2.45, 2.75) is 13.5 Å². The molecule has 1 aromatic heterocycles. The Labute approximate surface area is 158 Å². The number of amides is 1. The lowest BCUT2D eigenvalue weighted by atomic mass is 10.1. The third-order valence-corrected chi connectivity index (χ3v) is 4.29. The number of carbonyl (C=O) groups is 1. The lowest BCUT2D eigenvalue weighted by Crippen LogP contribution is -2.17. The smallest absolute Gasteiger partial charge is 0.259 e. The number of halogens is 1. The van der Waals surface area contributed by atoms with E-state index in [0.717, 1.165) is 29.2 Å². The van der Waals surface area contributed by atoms with E-state index in [-0.39, 0.29) is 5.91 Å². The third kappa shape index (κ3) is 3.95. The van der Waals surface area contributed by atoms with Gasteiger partial charge in [-0.15, -0.1) is 0 Å². The molecular formula is C20H21ClN4O. The van der Waals surface area contributed by atoms with E-state index < -0.39 is 0 Å². The summed E-state index contributed by atoms with van der Waals surface area (Å²) in [5, 5.41) is 7.98. The van der Waals surface area contributed by atoms with Gasteiger partial charge in [-0.1, -0.05) is 35.9 Å². The van der Waals surface area contributed by atoms with E-state index in [1.807, 2.05) is 63.5 Å². The van der Waals surface area contributed by atoms with Crippen molar-refractivity contribution in [1.29, 1.82) is 0 Å². The summed E-state index contributed by atoms with van der Waals surface area (Å²) in [6.07, 6.45) is 1.58. The molecule has 0 aliphatic rings. The zero-order valence-corrected chi connectivity index (χ0v) is 15.8.